The molecule has 1 aromatic heterocycles. The van der Waals surface area contributed by atoms with Gasteiger partial charge in [0.15, 0.2) is 0 Å². The van der Waals surface area contributed by atoms with Gasteiger partial charge in [0.2, 0.25) is 5.88 Å². The average Bonchev–Trinajstić information content (AvgIpc) is 2.41. The minimum atomic E-state index is 0.0677. The molecule has 1 aliphatic heterocycles. The number of nitrogen functional groups attached to an aromatic ring is 1. The summed E-state index contributed by atoms with van der Waals surface area (Å²) in [7, 11) is 0. The van der Waals surface area contributed by atoms with Crippen molar-refractivity contribution in [3.8, 4) is 5.88 Å². The smallest absolute Gasteiger partial charge is 0.239 e. The molecule has 1 atom stereocenters. The Bertz CT molecular complexity index is 423. The third-order valence-corrected chi connectivity index (χ3v) is 3.14. The summed E-state index contributed by atoms with van der Waals surface area (Å²) in [4.78, 5) is 6.75. The molecule has 0 saturated carbocycles. The Morgan fingerprint density at radius 2 is 2.32 bits per heavy atom. The van der Waals surface area contributed by atoms with E-state index in [1.165, 1.54) is 0 Å². The minimum Gasteiger partial charge on any atom is -0.473 e. The predicted molar refractivity (Wildman–Crippen MR) is 76.7 cm³/mol. The van der Waals surface area contributed by atoms with Crippen LogP contribution in [0, 0.1) is 0 Å². The molecule has 1 unspecified atom stereocenters. The lowest BCUT2D eigenvalue weighted by atomic mass is 10.2. The number of nitrogens with zero attached hydrogens (tertiary/aromatic N) is 2. The molecule has 1 aromatic rings. The fraction of sp³-hybridized carbons (Fsp3) is 0.643. The molecule has 0 aliphatic carbocycles. The molecular formula is C14H23N3O2. The summed E-state index contributed by atoms with van der Waals surface area (Å²) in [6, 6.07) is 3.80. The first-order valence-electron chi connectivity index (χ1n) is 6.90. The van der Waals surface area contributed by atoms with Gasteiger partial charge in [-0.2, -0.15) is 4.98 Å². The first kappa shape index (κ1) is 13.9. The topological polar surface area (TPSA) is 60.6 Å². The fourth-order valence-corrected chi connectivity index (χ4v) is 2.11. The van der Waals surface area contributed by atoms with E-state index in [1.807, 2.05) is 26.0 Å². The molecule has 2 rings (SSSR count). The fourth-order valence-electron chi connectivity index (χ4n) is 2.11. The van der Waals surface area contributed by atoms with Gasteiger partial charge in [-0.15, -0.1) is 0 Å². The van der Waals surface area contributed by atoms with Crippen LogP contribution in [0.2, 0.25) is 0 Å². The summed E-state index contributed by atoms with van der Waals surface area (Å²) in [6.07, 6.45) is 1.36. The number of hydrogen-bond acceptors (Lipinski definition) is 5. The standard InChI is InChI=1S/C14H23N3O2/c1-4-11-9-17(7-8-18-11)13-6-5-12(15)14(16-13)19-10(2)3/h5-6,10-11H,4,7-9,15H2,1-3H3. The summed E-state index contributed by atoms with van der Waals surface area (Å²) in [5.74, 6) is 1.43. The highest BCUT2D eigenvalue weighted by Crippen LogP contribution is 2.25. The predicted octanol–water partition coefficient (Wildman–Crippen LogP) is 2.07. The first-order valence-corrected chi connectivity index (χ1v) is 6.90. The number of morpholine rings is 1. The van der Waals surface area contributed by atoms with Crippen molar-refractivity contribution in [3.05, 3.63) is 12.1 Å². The Balaban J connectivity index is 2.15. The van der Waals surface area contributed by atoms with E-state index in [4.69, 9.17) is 15.2 Å². The highest BCUT2D eigenvalue weighted by molar-refractivity contribution is 5.54. The number of rotatable bonds is 4. The van der Waals surface area contributed by atoms with Crippen LogP contribution in [0.25, 0.3) is 0 Å². The number of anilines is 2. The second-order valence-corrected chi connectivity index (χ2v) is 5.08. The van der Waals surface area contributed by atoms with Gasteiger partial charge in [-0.05, 0) is 32.4 Å². The maximum Gasteiger partial charge on any atom is 0.239 e. The van der Waals surface area contributed by atoms with Crippen LogP contribution in [0.15, 0.2) is 12.1 Å². The van der Waals surface area contributed by atoms with Crippen LogP contribution in [-0.2, 0) is 4.74 Å². The van der Waals surface area contributed by atoms with Gasteiger partial charge in [-0.1, -0.05) is 6.92 Å². The molecule has 1 saturated heterocycles. The molecule has 0 radical (unpaired) electrons. The van der Waals surface area contributed by atoms with Crippen LogP contribution >= 0.6 is 0 Å². The minimum absolute atomic E-state index is 0.0677. The van der Waals surface area contributed by atoms with E-state index in [9.17, 15) is 0 Å². The second-order valence-electron chi connectivity index (χ2n) is 5.08. The zero-order chi connectivity index (χ0) is 13.8. The molecule has 0 aromatic carbocycles. The largest absolute Gasteiger partial charge is 0.473 e. The molecule has 106 valence electrons. The highest BCUT2D eigenvalue weighted by atomic mass is 16.5. The van der Waals surface area contributed by atoms with Gasteiger partial charge >= 0.3 is 0 Å². The number of aromatic nitrogens is 1. The van der Waals surface area contributed by atoms with Crippen molar-refractivity contribution in [1.29, 1.82) is 0 Å². The first-order chi connectivity index (χ1) is 9.10. The Morgan fingerprint density at radius 1 is 1.53 bits per heavy atom. The van der Waals surface area contributed by atoms with E-state index in [1.54, 1.807) is 0 Å². The Kier molecular flexibility index (Phi) is 4.47. The van der Waals surface area contributed by atoms with E-state index < -0.39 is 0 Å². The molecule has 5 heteroatoms. The van der Waals surface area contributed by atoms with E-state index in [0.717, 1.165) is 31.9 Å². The van der Waals surface area contributed by atoms with Crippen LogP contribution in [0.1, 0.15) is 27.2 Å². The van der Waals surface area contributed by atoms with Crippen LogP contribution < -0.4 is 15.4 Å². The van der Waals surface area contributed by atoms with Gasteiger partial charge < -0.3 is 20.1 Å². The molecule has 0 spiro atoms. The average molecular weight is 265 g/mol. The van der Waals surface area contributed by atoms with Gasteiger partial charge in [0.05, 0.1) is 24.5 Å². The molecule has 2 heterocycles. The van der Waals surface area contributed by atoms with Crippen molar-refractivity contribution in [1.82, 2.24) is 4.98 Å². The summed E-state index contributed by atoms with van der Waals surface area (Å²) in [6.45, 7) is 8.54. The zero-order valence-corrected chi connectivity index (χ0v) is 11.9. The molecule has 19 heavy (non-hydrogen) atoms. The normalized spacial score (nSPS) is 19.8. The van der Waals surface area contributed by atoms with Gasteiger partial charge in [0, 0.05) is 13.1 Å². The number of ether oxygens (including phenoxy) is 2. The van der Waals surface area contributed by atoms with Crippen LogP contribution in [-0.4, -0.2) is 36.9 Å². The van der Waals surface area contributed by atoms with Crippen LogP contribution in [0.3, 0.4) is 0 Å². The molecule has 1 fully saturated rings. The van der Waals surface area contributed by atoms with Gasteiger partial charge in [0.1, 0.15) is 5.82 Å². The van der Waals surface area contributed by atoms with E-state index >= 15 is 0 Å². The lowest BCUT2D eigenvalue weighted by molar-refractivity contribution is 0.0381. The van der Waals surface area contributed by atoms with E-state index in [0.29, 0.717) is 11.6 Å². The molecular weight excluding hydrogens is 242 g/mol. The highest BCUT2D eigenvalue weighted by Gasteiger charge is 2.21. The summed E-state index contributed by atoms with van der Waals surface area (Å²) >= 11 is 0. The zero-order valence-electron chi connectivity index (χ0n) is 11.9. The Morgan fingerprint density at radius 3 is 3.00 bits per heavy atom. The Hall–Kier alpha value is -1.49. The molecule has 2 N–H and O–H groups in total. The summed E-state index contributed by atoms with van der Waals surface area (Å²) in [5, 5.41) is 0. The van der Waals surface area contributed by atoms with Crippen molar-refractivity contribution < 1.29 is 9.47 Å². The maximum absolute atomic E-state index is 5.89. The summed E-state index contributed by atoms with van der Waals surface area (Å²) < 4.78 is 11.3. The van der Waals surface area contributed by atoms with Crippen molar-refractivity contribution in [2.24, 2.45) is 0 Å². The van der Waals surface area contributed by atoms with Crippen molar-refractivity contribution in [3.63, 3.8) is 0 Å². The van der Waals surface area contributed by atoms with Crippen molar-refractivity contribution in [2.45, 2.75) is 39.4 Å². The summed E-state index contributed by atoms with van der Waals surface area (Å²) in [5.41, 5.74) is 6.47. The number of hydrogen-bond donors (Lipinski definition) is 1. The van der Waals surface area contributed by atoms with Gasteiger partial charge in [0.25, 0.3) is 0 Å². The lowest BCUT2D eigenvalue weighted by Gasteiger charge is -2.33. The second kappa shape index (κ2) is 6.10. The third kappa shape index (κ3) is 3.50. The van der Waals surface area contributed by atoms with Crippen LogP contribution in [0.4, 0.5) is 11.5 Å². The number of nitrogens with two attached hydrogens (primary N) is 1. The lowest BCUT2D eigenvalue weighted by Crippen LogP contribution is -2.42. The van der Waals surface area contributed by atoms with Crippen LogP contribution in [0.5, 0.6) is 5.88 Å². The molecule has 5 nitrogen and oxygen atoms in total. The SMILES string of the molecule is CCC1CN(c2ccc(N)c(OC(C)C)n2)CCO1. The monoisotopic (exact) mass is 265 g/mol. The maximum atomic E-state index is 5.89. The number of pyridine rings is 1. The van der Waals surface area contributed by atoms with Crippen molar-refractivity contribution >= 4 is 11.5 Å². The molecule has 0 bridgehead atoms. The van der Waals surface area contributed by atoms with E-state index in [-0.39, 0.29) is 12.2 Å². The van der Waals surface area contributed by atoms with Gasteiger partial charge in [-0.3, -0.25) is 0 Å². The molecule has 1 aliphatic rings. The van der Waals surface area contributed by atoms with E-state index in [2.05, 4.69) is 16.8 Å². The Labute approximate surface area is 114 Å². The third-order valence-electron chi connectivity index (χ3n) is 3.14. The molecule has 0 amide bonds. The van der Waals surface area contributed by atoms with Crippen molar-refractivity contribution in [2.75, 3.05) is 30.3 Å². The van der Waals surface area contributed by atoms with Gasteiger partial charge in [-0.25, -0.2) is 0 Å². The quantitative estimate of drug-likeness (QED) is 0.903.